The zero-order chi connectivity index (χ0) is 34.5. The summed E-state index contributed by atoms with van der Waals surface area (Å²) in [4.78, 5) is 2.47. The van der Waals surface area contributed by atoms with Gasteiger partial charge in [-0.15, -0.1) is 0 Å². The highest BCUT2D eigenvalue weighted by atomic mass is 19.1. The van der Waals surface area contributed by atoms with Crippen molar-refractivity contribution in [3.63, 3.8) is 0 Å². The first-order valence-corrected chi connectivity index (χ1v) is 18.1. The highest BCUT2D eigenvalue weighted by molar-refractivity contribution is 6.09. The van der Waals surface area contributed by atoms with Crippen LogP contribution in [0.3, 0.4) is 0 Å². The van der Waals surface area contributed by atoms with E-state index in [0.717, 1.165) is 62.8 Å². The first-order valence-electron chi connectivity index (χ1n) is 18.1. The van der Waals surface area contributed by atoms with Gasteiger partial charge < -0.3 is 9.64 Å². The van der Waals surface area contributed by atoms with Crippen LogP contribution in [0.2, 0.25) is 0 Å². The van der Waals surface area contributed by atoms with Crippen molar-refractivity contribution in [2.45, 2.75) is 44.1 Å². The van der Waals surface area contributed by atoms with Crippen LogP contribution in [0.15, 0.2) is 121 Å². The SMILES string of the molecule is CC1(C)c2cc(F)ccc2-c2c1c1c(c3cc(F)ccc23)OC(c2ccc(N3CCCCC3)cc2)(c2ccc3c(ccc4ccccc43)c2)C=C1. The van der Waals surface area contributed by atoms with Gasteiger partial charge in [-0.25, -0.2) is 8.78 Å². The molecule has 0 amide bonds. The van der Waals surface area contributed by atoms with Gasteiger partial charge in [0.15, 0.2) is 5.60 Å². The second-order valence-electron chi connectivity index (χ2n) is 15.0. The van der Waals surface area contributed by atoms with E-state index in [-0.39, 0.29) is 11.6 Å². The van der Waals surface area contributed by atoms with Crippen LogP contribution >= 0.6 is 0 Å². The Kier molecular flexibility index (Phi) is 6.55. The summed E-state index contributed by atoms with van der Waals surface area (Å²) in [7, 11) is 0. The Labute approximate surface area is 296 Å². The molecule has 10 rings (SSSR count). The first-order chi connectivity index (χ1) is 24.8. The Morgan fingerprint density at radius 1 is 0.627 bits per heavy atom. The smallest absolute Gasteiger partial charge is 0.178 e. The topological polar surface area (TPSA) is 12.5 Å². The van der Waals surface area contributed by atoms with Gasteiger partial charge in [-0.2, -0.15) is 0 Å². The molecule has 2 nitrogen and oxygen atoms in total. The molecular weight excluding hydrogens is 633 g/mol. The number of fused-ring (bicyclic) bond motifs is 11. The fourth-order valence-electron chi connectivity index (χ4n) is 9.22. The van der Waals surface area contributed by atoms with Crippen molar-refractivity contribution in [2.24, 2.45) is 0 Å². The van der Waals surface area contributed by atoms with Crippen molar-refractivity contribution < 1.29 is 13.5 Å². The van der Waals surface area contributed by atoms with Gasteiger partial charge in [0.25, 0.3) is 0 Å². The quantitative estimate of drug-likeness (QED) is 0.174. The molecular formula is C47H37F2NO. The van der Waals surface area contributed by atoms with Gasteiger partial charge in [-0.3, -0.25) is 0 Å². The third kappa shape index (κ3) is 4.45. The minimum Gasteiger partial charge on any atom is -0.472 e. The standard InChI is InChI=1S/C47H37F2NO/c1-46(2)42-28-34(49)16-21-39(42)43-38-20-15-33(48)27-41(38)45-40(44(43)46)22-23-47(51-45,31-12-17-35(18-13-31)50-24-6-3-7-25-50)32-14-19-37-30(26-32)11-10-29-8-4-5-9-36(29)37/h4-5,8-23,26-28H,3,6-7,24-25H2,1-2H3. The second-order valence-corrected chi connectivity index (χ2v) is 15.0. The van der Waals surface area contributed by atoms with Crippen molar-refractivity contribution in [3.05, 3.63) is 161 Å². The Morgan fingerprint density at radius 2 is 1.33 bits per heavy atom. The minimum absolute atomic E-state index is 0.262. The van der Waals surface area contributed by atoms with Crippen LogP contribution in [0.1, 0.15) is 60.9 Å². The van der Waals surface area contributed by atoms with Crippen molar-refractivity contribution in [1.29, 1.82) is 0 Å². The summed E-state index contributed by atoms with van der Waals surface area (Å²) >= 11 is 0. The number of ether oxygens (including phenoxy) is 1. The predicted molar refractivity (Wildman–Crippen MR) is 206 cm³/mol. The summed E-state index contributed by atoms with van der Waals surface area (Å²) in [5, 5.41) is 6.34. The number of benzene rings is 7. The van der Waals surface area contributed by atoms with Crippen molar-refractivity contribution in [2.75, 3.05) is 18.0 Å². The molecule has 0 saturated carbocycles. The van der Waals surface area contributed by atoms with Crippen molar-refractivity contribution in [3.8, 4) is 16.9 Å². The lowest BCUT2D eigenvalue weighted by Crippen LogP contribution is -2.35. The maximum absolute atomic E-state index is 15.3. The molecule has 1 atom stereocenters. The van der Waals surface area contributed by atoms with Gasteiger partial charge in [0.1, 0.15) is 17.4 Å². The summed E-state index contributed by atoms with van der Waals surface area (Å²) in [6, 6.07) is 38.3. The van der Waals surface area contributed by atoms with Crippen molar-refractivity contribution in [1.82, 2.24) is 0 Å². The number of piperidine rings is 1. The van der Waals surface area contributed by atoms with E-state index >= 15 is 4.39 Å². The molecule has 0 spiro atoms. The van der Waals surface area contributed by atoms with Crippen molar-refractivity contribution >= 4 is 44.1 Å². The molecule has 250 valence electrons. The molecule has 1 unspecified atom stereocenters. The molecule has 1 aliphatic carbocycles. The van der Waals surface area contributed by atoms with Gasteiger partial charge in [0, 0.05) is 46.3 Å². The van der Waals surface area contributed by atoms with E-state index in [4.69, 9.17) is 4.74 Å². The molecule has 0 N–H and O–H groups in total. The van der Waals surface area contributed by atoms with Gasteiger partial charge in [0.05, 0.1) is 0 Å². The summed E-state index contributed by atoms with van der Waals surface area (Å²) in [5.41, 5.74) is 6.63. The van der Waals surface area contributed by atoms with E-state index in [9.17, 15) is 4.39 Å². The Hall–Kier alpha value is -5.48. The molecule has 0 radical (unpaired) electrons. The molecule has 7 aromatic carbocycles. The molecule has 2 heterocycles. The third-order valence-electron chi connectivity index (χ3n) is 11.7. The fourth-order valence-corrected chi connectivity index (χ4v) is 9.22. The highest BCUT2D eigenvalue weighted by Crippen LogP contribution is 2.58. The maximum atomic E-state index is 15.3. The molecule has 7 aromatic rings. The normalized spacial score (nSPS) is 18.9. The Balaban J connectivity index is 1.22. The lowest BCUT2D eigenvalue weighted by molar-refractivity contribution is 0.163. The van der Waals surface area contributed by atoms with Gasteiger partial charge in [0.2, 0.25) is 0 Å². The molecule has 1 fully saturated rings. The lowest BCUT2D eigenvalue weighted by Gasteiger charge is -2.39. The molecule has 0 bridgehead atoms. The molecule has 0 aromatic heterocycles. The maximum Gasteiger partial charge on any atom is 0.178 e. The number of hydrogen-bond donors (Lipinski definition) is 0. The Bertz CT molecular complexity index is 2600. The van der Waals surface area contributed by atoms with Gasteiger partial charge >= 0.3 is 0 Å². The summed E-state index contributed by atoms with van der Waals surface area (Å²) < 4.78 is 37.5. The largest absolute Gasteiger partial charge is 0.472 e. The van der Waals surface area contributed by atoms with Crippen LogP contribution in [0, 0.1) is 11.6 Å². The average molecular weight is 670 g/mol. The van der Waals surface area contributed by atoms with E-state index in [0.29, 0.717) is 11.1 Å². The van der Waals surface area contributed by atoms with E-state index < -0.39 is 11.0 Å². The van der Waals surface area contributed by atoms with Crippen LogP contribution in [0.5, 0.6) is 5.75 Å². The molecule has 51 heavy (non-hydrogen) atoms. The van der Waals surface area contributed by atoms with Crippen LogP contribution in [0.4, 0.5) is 14.5 Å². The summed E-state index contributed by atoms with van der Waals surface area (Å²) in [6.07, 6.45) is 8.05. The Morgan fingerprint density at radius 3 is 2.18 bits per heavy atom. The average Bonchev–Trinajstić information content (AvgIpc) is 3.40. The number of nitrogens with zero attached hydrogens (tertiary/aromatic N) is 1. The summed E-state index contributed by atoms with van der Waals surface area (Å²) in [5.74, 6) is 0.0565. The fraction of sp³-hybridized carbons (Fsp3) is 0.191. The van der Waals surface area contributed by atoms with Crippen LogP contribution in [-0.4, -0.2) is 13.1 Å². The molecule has 1 saturated heterocycles. The predicted octanol–water partition coefficient (Wildman–Crippen LogP) is 12.1. The zero-order valence-electron chi connectivity index (χ0n) is 28.8. The van der Waals surface area contributed by atoms with E-state index in [1.54, 1.807) is 12.1 Å². The number of rotatable bonds is 3. The lowest BCUT2D eigenvalue weighted by atomic mass is 9.76. The van der Waals surface area contributed by atoms with Gasteiger partial charge in [-0.05, 0) is 117 Å². The van der Waals surface area contributed by atoms with Crippen LogP contribution < -0.4 is 9.64 Å². The third-order valence-corrected chi connectivity index (χ3v) is 11.7. The number of halogens is 2. The van der Waals surface area contributed by atoms with E-state index in [2.05, 4.69) is 110 Å². The number of hydrogen-bond acceptors (Lipinski definition) is 2. The molecule has 2 aliphatic heterocycles. The highest BCUT2D eigenvalue weighted by Gasteiger charge is 2.44. The first kappa shape index (κ1) is 30.4. The minimum atomic E-state index is -0.998. The second kappa shape index (κ2) is 11.0. The van der Waals surface area contributed by atoms with E-state index in [1.807, 2.05) is 12.1 Å². The van der Waals surface area contributed by atoms with Gasteiger partial charge in [-0.1, -0.05) is 92.7 Å². The molecule has 3 aliphatic rings. The summed E-state index contributed by atoms with van der Waals surface area (Å²) in [6.45, 7) is 6.43. The molecule has 4 heteroatoms. The monoisotopic (exact) mass is 669 g/mol. The van der Waals surface area contributed by atoms with E-state index in [1.165, 1.54) is 53.2 Å². The van der Waals surface area contributed by atoms with Crippen LogP contribution in [-0.2, 0) is 11.0 Å². The number of anilines is 1. The zero-order valence-corrected chi connectivity index (χ0v) is 28.8. The van der Waals surface area contributed by atoms with Crippen LogP contribution in [0.25, 0.3) is 49.5 Å².